The van der Waals surface area contributed by atoms with Gasteiger partial charge in [0, 0.05) is 12.1 Å². The van der Waals surface area contributed by atoms with E-state index in [1.54, 1.807) is 0 Å². The van der Waals surface area contributed by atoms with E-state index in [0.717, 1.165) is 43.6 Å². The fourth-order valence-corrected chi connectivity index (χ4v) is 4.16. The van der Waals surface area contributed by atoms with Gasteiger partial charge in [-0.3, -0.25) is 9.69 Å². The van der Waals surface area contributed by atoms with Gasteiger partial charge >= 0.3 is 5.97 Å². The zero-order chi connectivity index (χ0) is 17.5. The third-order valence-corrected chi connectivity index (χ3v) is 5.99. The maximum atomic E-state index is 10.9. The van der Waals surface area contributed by atoms with Gasteiger partial charge in [0.15, 0.2) is 0 Å². The first-order valence-electron chi connectivity index (χ1n) is 8.75. The standard InChI is InChI=1S/C19H27NO4/c1-12-7-14(17(21)8-13(12)2)11-20-5-3-16(4-6-20)19(24)9-15(10-19)18(22)23/h7-8,15-16,21,24H,3-6,9-11H2,1-2H3,(H,22,23). The van der Waals surface area contributed by atoms with Gasteiger partial charge in [-0.2, -0.15) is 0 Å². The van der Waals surface area contributed by atoms with Gasteiger partial charge in [-0.25, -0.2) is 0 Å². The molecule has 0 atom stereocenters. The average Bonchev–Trinajstić information content (AvgIpc) is 2.50. The number of piperidine rings is 1. The van der Waals surface area contributed by atoms with Crippen LogP contribution in [-0.4, -0.2) is 44.9 Å². The number of carbonyl (C=O) groups is 1. The molecule has 1 saturated carbocycles. The average molecular weight is 333 g/mol. The number of hydrogen-bond donors (Lipinski definition) is 3. The smallest absolute Gasteiger partial charge is 0.306 e. The number of carboxylic acid groups (broad SMARTS) is 1. The second-order valence-electron chi connectivity index (χ2n) is 7.66. The minimum atomic E-state index is -0.790. The van der Waals surface area contributed by atoms with E-state index in [-0.39, 0.29) is 11.8 Å². The van der Waals surface area contributed by atoms with E-state index in [4.69, 9.17) is 5.11 Å². The van der Waals surface area contributed by atoms with E-state index >= 15 is 0 Å². The zero-order valence-electron chi connectivity index (χ0n) is 14.5. The molecule has 132 valence electrons. The number of benzene rings is 1. The number of phenolic OH excluding ortho intramolecular Hbond substituents is 1. The maximum absolute atomic E-state index is 10.9. The Kier molecular flexibility index (Phi) is 4.58. The maximum Gasteiger partial charge on any atom is 0.306 e. The van der Waals surface area contributed by atoms with Crippen LogP contribution in [0.1, 0.15) is 42.4 Å². The lowest BCUT2D eigenvalue weighted by molar-refractivity contribution is -0.170. The zero-order valence-corrected chi connectivity index (χ0v) is 14.5. The quantitative estimate of drug-likeness (QED) is 0.788. The Balaban J connectivity index is 1.55. The van der Waals surface area contributed by atoms with Crippen LogP contribution >= 0.6 is 0 Å². The Morgan fingerprint density at radius 1 is 1.21 bits per heavy atom. The summed E-state index contributed by atoms with van der Waals surface area (Å²) in [5.74, 6) is -0.623. The summed E-state index contributed by atoms with van der Waals surface area (Å²) in [4.78, 5) is 13.3. The fraction of sp³-hybridized carbons (Fsp3) is 0.632. The molecule has 2 fully saturated rings. The number of rotatable bonds is 4. The van der Waals surface area contributed by atoms with Gasteiger partial charge in [-0.1, -0.05) is 6.07 Å². The topological polar surface area (TPSA) is 81.0 Å². The van der Waals surface area contributed by atoms with E-state index in [0.29, 0.717) is 18.6 Å². The van der Waals surface area contributed by atoms with Crippen molar-refractivity contribution in [1.82, 2.24) is 4.90 Å². The highest BCUT2D eigenvalue weighted by atomic mass is 16.4. The number of aliphatic hydroxyl groups is 1. The van der Waals surface area contributed by atoms with Crippen molar-refractivity contribution in [2.75, 3.05) is 13.1 Å². The highest BCUT2D eigenvalue weighted by molar-refractivity contribution is 5.71. The second-order valence-corrected chi connectivity index (χ2v) is 7.66. The number of nitrogens with zero attached hydrogens (tertiary/aromatic N) is 1. The van der Waals surface area contributed by atoms with Crippen molar-refractivity contribution < 1.29 is 20.1 Å². The van der Waals surface area contributed by atoms with Gasteiger partial charge in [-0.15, -0.1) is 0 Å². The van der Waals surface area contributed by atoms with Crippen LogP contribution in [0.5, 0.6) is 5.75 Å². The highest BCUT2D eigenvalue weighted by Crippen LogP contribution is 2.46. The molecular weight excluding hydrogens is 306 g/mol. The summed E-state index contributed by atoms with van der Waals surface area (Å²) in [5, 5.41) is 29.7. The summed E-state index contributed by atoms with van der Waals surface area (Å²) in [6.45, 7) is 6.51. The number of hydrogen-bond acceptors (Lipinski definition) is 4. The van der Waals surface area contributed by atoms with Crippen LogP contribution in [0.25, 0.3) is 0 Å². The van der Waals surface area contributed by atoms with Crippen LogP contribution in [-0.2, 0) is 11.3 Å². The first kappa shape index (κ1) is 17.2. The lowest BCUT2D eigenvalue weighted by atomic mass is 9.62. The Morgan fingerprint density at radius 3 is 2.38 bits per heavy atom. The Labute approximate surface area is 142 Å². The van der Waals surface area contributed by atoms with E-state index in [1.807, 2.05) is 19.1 Å². The molecule has 0 aromatic heterocycles. The number of aliphatic carboxylic acids is 1. The van der Waals surface area contributed by atoms with Gasteiger partial charge in [-0.05, 0) is 75.7 Å². The van der Waals surface area contributed by atoms with Gasteiger partial charge < -0.3 is 15.3 Å². The Bertz CT molecular complexity index is 628. The van der Waals surface area contributed by atoms with Gasteiger partial charge in [0.1, 0.15) is 5.75 Å². The molecular formula is C19H27NO4. The molecule has 0 radical (unpaired) electrons. The van der Waals surface area contributed by atoms with Crippen LogP contribution in [0.4, 0.5) is 0 Å². The van der Waals surface area contributed by atoms with Crippen molar-refractivity contribution >= 4 is 5.97 Å². The summed E-state index contributed by atoms with van der Waals surface area (Å²) in [6.07, 6.45) is 2.55. The molecule has 24 heavy (non-hydrogen) atoms. The summed E-state index contributed by atoms with van der Waals surface area (Å²) in [5.41, 5.74) is 2.44. The van der Waals surface area contributed by atoms with E-state index in [1.165, 1.54) is 5.56 Å². The SMILES string of the molecule is Cc1cc(O)c(CN2CCC(C3(O)CC(C(=O)O)C3)CC2)cc1C. The summed E-state index contributed by atoms with van der Waals surface area (Å²) in [7, 11) is 0. The molecule has 1 aromatic carbocycles. The molecule has 3 N–H and O–H groups in total. The molecule has 2 aliphatic rings. The molecule has 3 rings (SSSR count). The van der Waals surface area contributed by atoms with Gasteiger partial charge in [0.2, 0.25) is 0 Å². The molecule has 0 bridgehead atoms. The van der Waals surface area contributed by atoms with Crippen LogP contribution in [0.15, 0.2) is 12.1 Å². The minimum Gasteiger partial charge on any atom is -0.508 e. The van der Waals surface area contributed by atoms with Crippen LogP contribution < -0.4 is 0 Å². The predicted octanol–water partition coefficient (Wildman–Crippen LogP) is 2.45. The largest absolute Gasteiger partial charge is 0.508 e. The number of carboxylic acids is 1. The second kappa shape index (κ2) is 6.37. The predicted molar refractivity (Wildman–Crippen MR) is 90.9 cm³/mol. The first-order chi connectivity index (χ1) is 11.3. The molecule has 1 heterocycles. The Morgan fingerprint density at radius 2 is 1.79 bits per heavy atom. The fourth-order valence-electron chi connectivity index (χ4n) is 4.16. The summed E-state index contributed by atoms with van der Waals surface area (Å²) in [6, 6.07) is 3.87. The molecule has 0 unspecified atom stereocenters. The number of aromatic hydroxyl groups is 1. The van der Waals surface area contributed by atoms with Crippen molar-refractivity contribution in [3.63, 3.8) is 0 Å². The van der Waals surface area contributed by atoms with E-state index < -0.39 is 11.6 Å². The normalized spacial score (nSPS) is 28.5. The molecule has 0 amide bonds. The van der Waals surface area contributed by atoms with Crippen molar-refractivity contribution in [3.05, 3.63) is 28.8 Å². The van der Waals surface area contributed by atoms with Crippen LogP contribution in [0.3, 0.4) is 0 Å². The molecule has 1 saturated heterocycles. The van der Waals surface area contributed by atoms with Gasteiger partial charge in [0.05, 0.1) is 11.5 Å². The Hall–Kier alpha value is -1.59. The third kappa shape index (κ3) is 3.28. The highest BCUT2D eigenvalue weighted by Gasteiger charge is 2.51. The lowest BCUT2D eigenvalue weighted by Crippen LogP contribution is -2.54. The van der Waals surface area contributed by atoms with Crippen LogP contribution in [0, 0.1) is 25.7 Å². The van der Waals surface area contributed by atoms with E-state index in [2.05, 4.69) is 11.8 Å². The molecule has 5 heteroatoms. The first-order valence-corrected chi connectivity index (χ1v) is 8.75. The van der Waals surface area contributed by atoms with Crippen molar-refractivity contribution in [2.45, 2.75) is 51.7 Å². The van der Waals surface area contributed by atoms with Crippen LogP contribution in [0.2, 0.25) is 0 Å². The summed E-state index contributed by atoms with van der Waals surface area (Å²) < 4.78 is 0. The van der Waals surface area contributed by atoms with Crippen molar-refractivity contribution in [2.24, 2.45) is 11.8 Å². The number of aryl methyl sites for hydroxylation is 2. The molecule has 1 aromatic rings. The van der Waals surface area contributed by atoms with Crippen molar-refractivity contribution in [3.8, 4) is 5.75 Å². The van der Waals surface area contributed by atoms with E-state index in [9.17, 15) is 15.0 Å². The lowest BCUT2D eigenvalue weighted by Gasteiger charge is -2.49. The monoisotopic (exact) mass is 333 g/mol. The summed E-state index contributed by atoms with van der Waals surface area (Å²) >= 11 is 0. The number of phenols is 1. The molecule has 5 nitrogen and oxygen atoms in total. The molecule has 1 aliphatic carbocycles. The third-order valence-electron chi connectivity index (χ3n) is 5.99. The minimum absolute atomic E-state index is 0.192. The van der Waals surface area contributed by atoms with Crippen molar-refractivity contribution in [1.29, 1.82) is 0 Å². The number of likely N-dealkylation sites (tertiary alicyclic amines) is 1. The van der Waals surface area contributed by atoms with Gasteiger partial charge in [0.25, 0.3) is 0 Å². The molecule has 1 aliphatic heterocycles. The molecule has 0 spiro atoms.